The summed E-state index contributed by atoms with van der Waals surface area (Å²) in [5.41, 5.74) is 9.41. The van der Waals surface area contributed by atoms with E-state index in [4.69, 9.17) is 10.5 Å². The van der Waals surface area contributed by atoms with Gasteiger partial charge in [-0.1, -0.05) is 36.4 Å². The van der Waals surface area contributed by atoms with Crippen LogP contribution in [0.2, 0.25) is 0 Å². The standard InChI is InChI=1S/C16H19NO/c1-12-10-15(8-9-16(12)13(2)17)18-11-14-6-4-3-5-7-14/h3-10,13H,11,17H2,1-2H3/t13-/m0/s1. The Hall–Kier alpha value is -1.80. The second-order valence-electron chi connectivity index (χ2n) is 4.58. The normalized spacial score (nSPS) is 12.2. The molecule has 0 spiro atoms. The van der Waals surface area contributed by atoms with Crippen molar-refractivity contribution in [2.75, 3.05) is 0 Å². The number of ether oxygens (including phenoxy) is 1. The second kappa shape index (κ2) is 5.69. The summed E-state index contributed by atoms with van der Waals surface area (Å²) in [6, 6.07) is 16.3. The molecule has 2 aromatic rings. The molecular weight excluding hydrogens is 222 g/mol. The summed E-state index contributed by atoms with van der Waals surface area (Å²) in [6.07, 6.45) is 0. The highest BCUT2D eigenvalue weighted by molar-refractivity contribution is 5.36. The fourth-order valence-corrected chi connectivity index (χ4v) is 1.99. The Morgan fingerprint density at radius 2 is 1.83 bits per heavy atom. The lowest BCUT2D eigenvalue weighted by molar-refractivity contribution is 0.306. The van der Waals surface area contributed by atoms with Crippen LogP contribution in [0, 0.1) is 6.92 Å². The minimum absolute atomic E-state index is 0.0631. The zero-order valence-electron chi connectivity index (χ0n) is 10.9. The smallest absolute Gasteiger partial charge is 0.120 e. The third kappa shape index (κ3) is 3.11. The molecule has 0 aliphatic rings. The Morgan fingerprint density at radius 1 is 1.11 bits per heavy atom. The predicted molar refractivity (Wildman–Crippen MR) is 74.6 cm³/mol. The van der Waals surface area contributed by atoms with Crippen molar-refractivity contribution in [2.24, 2.45) is 5.73 Å². The summed E-state index contributed by atoms with van der Waals surface area (Å²) in [5.74, 6) is 0.890. The third-order valence-electron chi connectivity index (χ3n) is 2.98. The van der Waals surface area contributed by atoms with Gasteiger partial charge in [0.15, 0.2) is 0 Å². The molecular formula is C16H19NO. The molecule has 0 heterocycles. The molecule has 2 nitrogen and oxygen atoms in total. The van der Waals surface area contributed by atoms with Crippen molar-refractivity contribution in [3.05, 3.63) is 65.2 Å². The van der Waals surface area contributed by atoms with E-state index in [1.54, 1.807) is 0 Å². The van der Waals surface area contributed by atoms with Gasteiger partial charge >= 0.3 is 0 Å². The van der Waals surface area contributed by atoms with Crippen LogP contribution in [0.3, 0.4) is 0 Å². The lowest BCUT2D eigenvalue weighted by Crippen LogP contribution is -2.07. The highest BCUT2D eigenvalue weighted by atomic mass is 16.5. The minimum atomic E-state index is 0.0631. The number of nitrogens with two attached hydrogens (primary N) is 1. The molecule has 0 aliphatic carbocycles. The quantitative estimate of drug-likeness (QED) is 0.887. The highest BCUT2D eigenvalue weighted by Crippen LogP contribution is 2.21. The van der Waals surface area contributed by atoms with Gasteiger partial charge in [-0.05, 0) is 42.7 Å². The van der Waals surface area contributed by atoms with Gasteiger partial charge in [-0.15, -0.1) is 0 Å². The lowest BCUT2D eigenvalue weighted by atomic mass is 10.0. The summed E-state index contributed by atoms with van der Waals surface area (Å²) < 4.78 is 5.77. The topological polar surface area (TPSA) is 35.2 Å². The van der Waals surface area contributed by atoms with Crippen LogP contribution in [0.5, 0.6) is 5.75 Å². The maximum atomic E-state index is 5.89. The first-order valence-corrected chi connectivity index (χ1v) is 6.19. The van der Waals surface area contributed by atoms with Gasteiger partial charge in [0, 0.05) is 6.04 Å². The van der Waals surface area contributed by atoms with E-state index in [2.05, 4.69) is 19.1 Å². The van der Waals surface area contributed by atoms with Crippen molar-refractivity contribution in [3.63, 3.8) is 0 Å². The van der Waals surface area contributed by atoms with E-state index in [0.29, 0.717) is 6.61 Å². The molecule has 0 aromatic heterocycles. The average Bonchev–Trinajstić information content (AvgIpc) is 2.37. The second-order valence-corrected chi connectivity index (χ2v) is 4.58. The number of rotatable bonds is 4. The Morgan fingerprint density at radius 3 is 2.44 bits per heavy atom. The van der Waals surface area contributed by atoms with Gasteiger partial charge in [-0.2, -0.15) is 0 Å². The van der Waals surface area contributed by atoms with Gasteiger partial charge in [0.25, 0.3) is 0 Å². The lowest BCUT2D eigenvalue weighted by Gasteiger charge is -2.12. The summed E-state index contributed by atoms with van der Waals surface area (Å²) in [5, 5.41) is 0. The Balaban J connectivity index is 2.05. The molecule has 94 valence electrons. The van der Waals surface area contributed by atoms with E-state index >= 15 is 0 Å². The van der Waals surface area contributed by atoms with Crippen LogP contribution >= 0.6 is 0 Å². The zero-order chi connectivity index (χ0) is 13.0. The summed E-state index contributed by atoms with van der Waals surface area (Å²) in [6.45, 7) is 4.65. The highest BCUT2D eigenvalue weighted by Gasteiger charge is 2.04. The number of aryl methyl sites for hydroxylation is 1. The predicted octanol–water partition coefficient (Wildman–Crippen LogP) is 3.59. The molecule has 1 atom stereocenters. The Bertz CT molecular complexity index is 506. The van der Waals surface area contributed by atoms with Crippen molar-refractivity contribution in [1.82, 2.24) is 0 Å². The monoisotopic (exact) mass is 241 g/mol. The average molecular weight is 241 g/mol. The molecule has 0 unspecified atom stereocenters. The van der Waals surface area contributed by atoms with Crippen molar-refractivity contribution >= 4 is 0 Å². The zero-order valence-corrected chi connectivity index (χ0v) is 10.9. The van der Waals surface area contributed by atoms with Crippen LogP contribution in [0.15, 0.2) is 48.5 Å². The van der Waals surface area contributed by atoms with E-state index in [1.807, 2.05) is 43.3 Å². The van der Waals surface area contributed by atoms with Gasteiger partial charge in [-0.25, -0.2) is 0 Å². The van der Waals surface area contributed by atoms with Crippen LogP contribution in [0.4, 0.5) is 0 Å². The van der Waals surface area contributed by atoms with Crippen LogP contribution in [-0.2, 0) is 6.61 Å². The largest absolute Gasteiger partial charge is 0.489 e. The van der Waals surface area contributed by atoms with Crippen molar-refractivity contribution in [3.8, 4) is 5.75 Å². The Labute approximate surface area is 108 Å². The molecule has 2 aromatic carbocycles. The maximum absolute atomic E-state index is 5.89. The van der Waals surface area contributed by atoms with Gasteiger partial charge in [0.1, 0.15) is 12.4 Å². The molecule has 0 bridgehead atoms. The van der Waals surface area contributed by atoms with Gasteiger partial charge in [-0.3, -0.25) is 0 Å². The number of hydrogen-bond acceptors (Lipinski definition) is 2. The summed E-state index contributed by atoms with van der Waals surface area (Å²) >= 11 is 0. The van der Waals surface area contributed by atoms with E-state index in [-0.39, 0.29) is 6.04 Å². The van der Waals surface area contributed by atoms with Crippen molar-refractivity contribution < 1.29 is 4.74 Å². The molecule has 2 heteroatoms. The first-order valence-electron chi connectivity index (χ1n) is 6.19. The van der Waals surface area contributed by atoms with Gasteiger partial charge < -0.3 is 10.5 Å². The van der Waals surface area contributed by atoms with Crippen molar-refractivity contribution in [1.29, 1.82) is 0 Å². The van der Waals surface area contributed by atoms with Gasteiger partial charge in [0.2, 0.25) is 0 Å². The molecule has 0 radical (unpaired) electrons. The van der Waals surface area contributed by atoms with E-state index in [9.17, 15) is 0 Å². The molecule has 18 heavy (non-hydrogen) atoms. The van der Waals surface area contributed by atoms with E-state index in [0.717, 1.165) is 5.75 Å². The fraction of sp³-hybridized carbons (Fsp3) is 0.250. The Kier molecular flexibility index (Phi) is 4.00. The summed E-state index contributed by atoms with van der Waals surface area (Å²) in [7, 11) is 0. The number of benzene rings is 2. The van der Waals surface area contributed by atoms with E-state index in [1.165, 1.54) is 16.7 Å². The maximum Gasteiger partial charge on any atom is 0.120 e. The first kappa shape index (κ1) is 12.7. The third-order valence-corrected chi connectivity index (χ3v) is 2.98. The molecule has 0 amide bonds. The van der Waals surface area contributed by atoms with Crippen LogP contribution < -0.4 is 10.5 Å². The molecule has 0 fully saturated rings. The summed E-state index contributed by atoms with van der Waals surface area (Å²) in [4.78, 5) is 0. The van der Waals surface area contributed by atoms with Crippen LogP contribution in [0.25, 0.3) is 0 Å². The fourth-order valence-electron chi connectivity index (χ4n) is 1.99. The SMILES string of the molecule is Cc1cc(OCc2ccccc2)ccc1[C@H](C)N. The first-order chi connectivity index (χ1) is 8.66. The van der Waals surface area contributed by atoms with Gasteiger partial charge in [0.05, 0.1) is 0 Å². The molecule has 2 rings (SSSR count). The van der Waals surface area contributed by atoms with Crippen LogP contribution in [0.1, 0.15) is 29.7 Å². The molecule has 0 saturated carbocycles. The van der Waals surface area contributed by atoms with E-state index < -0.39 is 0 Å². The molecule has 2 N–H and O–H groups in total. The minimum Gasteiger partial charge on any atom is -0.489 e. The molecule has 0 saturated heterocycles. The number of hydrogen-bond donors (Lipinski definition) is 1. The molecule has 0 aliphatic heterocycles. The van der Waals surface area contributed by atoms with Crippen LogP contribution in [-0.4, -0.2) is 0 Å². The van der Waals surface area contributed by atoms with Crippen molar-refractivity contribution in [2.45, 2.75) is 26.5 Å².